The number of nitrogens with zero attached hydrogens (tertiary/aromatic N) is 2. The van der Waals surface area contributed by atoms with E-state index in [0.29, 0.717) is 6.54 Å². The highest BCUT2D eigenvalue weighted by atomic mass is 32.1. The molecule has 0 bridgehead atoms. The highest BCUT2D eigenvalue weighted by molar-refractivity contribution is 7.19. The van der Waals surface area contributed by atoms with Gasteiger partial charge in [-0.15, -0.1) is 11.3 Å². The van der Waals surface area contributed by atoms with Gasteiger partial charge in [-0.25, -0.2) is 4.98 Å². The third-order valence-corrected chi connectivity index (χ3v) is 5.04. The van der Waals surface area contributed by atoms with Gasteiger partial charge in [0.15, 0.2) is 5.78 Å². The molecule has 1 aliphatic heterocycles. The van der Waals surface area contributed by atoms with Crippen molar-refractivity contribution in [3.05, 3.63) is 71.2 Å². The number of fused-ring (bicyclic) bond motifs is 1. The highest BCUT2D eigenvalue weighted by Gasteiger charge is 2.21. The summed E-state index contributed by atoms with van der Waals surface area (Å²) in [5.74, 6) is 0.154. The summed E-state index contributed by atoms with van der Waals surface area (Å²) >= 11 is 1.66. The molecule has 0 unspecified atom stereocenters. The Labute approximate surface area is 138 Å². The first-order chi connectivity index (χ1) is 11.3. The van der Waals surface area contributed by atoms with Crippen LogP contribution < -0.4 is 0 Å². The molecule has 23 heavy (non-hydrogen) atoms. The molecule has 3 nitrogen and oxygen atoms in total. The van der Waals surface area contributed by atoms with E-state index in [9.17, 15) is 4.79 Å². The van der Waals surface area contributed by atoms with Crippen LogP contribution in [-0.2, 0) is 11.3 Å². The standard InChI is InChI=1S/C19H16N2OS/c22-16-10-15(19-20-17-8-4-5-9-18(17)23-19)12-21(13-16)11-14-6-2-1-3-7-14/h1-10H,11-13H2. The van der Waals surface area contributed by atoms with Crippen molar-refractivity contribution in [2.45, 2.75) is 6.54 Å². The second kappa shape index (κ2) is 6.07. The number of benzene rings is 2. The summed E-state index contributed by atoms with van der Waals surface area (Å²) in [7, 11) is 0. The summed E-state index contributed by atoms with van der Waals surface area (Å²) in [6.45, 7) is 2.03. The second-order valence-corrected chi connectivity index (χ2v) is 6.78. The molecule has 0 spiro atoms. The lowest BCUT2D eigenvalue weighted by molar-refractivity contribution is -0.116. The average molecular weight is 320 g/mol. The molecule has 4 heteroatoms. The van der Waals surface area contributed by atoms with Crippen molar-refractivity contribution in [3.63, 3.8) is 0 Å². The number of carbonyl (C=O) groups is 1. The van der Waals surface area contributed by atoms with Crippen molar-refractivity contribution in [2.24, 2.45) is 0 Å². The van der Waals surface area contributed by atoms with E-state index in [-0.39, 0.29) is 5.78 Å². The maximum Gasteiger partial charge on any atom is 0.170 e. The topological polar surface area (TPSA) is 33.2 Å². The zero-order valence-corrected chi connectivity index (χ0v) is 13.4. The first-order valence-corrected chi connectivity index (χ1v) is 8.45. The fourth-order valence-corrected chi connectivity index (χ4v) is 3.87. The van der Waals surface area contributed by atoms with Gasteiger partial charge in [-0.3, -0.25) is 9.69 Å². The molecule has 4 rings (SSSR count). The van der Waals surface area contributed by atoms with Gasteiger partial charge in [-0.1, -0.05) is 42.5 Å². The van der Waals surface area contributed by atoms with Crippen LogP contribution in [0.25, 0.3) is 15.8 Å². The number of aromatic nitrogens is 1. The zero-order chi connectivity index (χ0) is 15.6. The van der Waals surface area contributed by atoms with Gasteiger partial charge in [0.05, 0.1) is 16.8 Å². The number of thiazole rings is 1. The lowest BCUT2D eigenvalue weighted by Gasteiger charge is -2.25. The van der Waals surface area contributed by atoms with E-state index in [2.05, 4.69) is 28.1 Å². The molecule has 0 radical (unpaired) electrons. The van der Waals surface area contributed by atoms with Crippen LogP contribution in [-0.4, -0.2) is 28.8 Å². The van der Waals surface area contributed by atoms with Crippen LogP contribution in [0.3, 0.4) is 0 Å². The van der Waals surface area contributed by atoms with Gasteiger partial charge in [-0.05, 0) is 23.8 Å². The molecule has 0 saturated heterocycles. The number of hydrogen-bond acceptors (Lipinski definition) is 4. The van der Waals surface area contributed by atoms with Gasteiger partial charge in [-0.2, -0.15) is 0 Å². The van der Waals surface area contributed by atoms with Crippen LogP contribution in [0.1, 0.15) is 10.6 Å². The van der Waals surface area contributed by atoms with E-state index >= 15 is 0 Å². The lowest BCUT2D eigenvalue weighted by atomic mass is 10.1. The van der Waals surface area contributed by atoms with Gasteiger partial charge >= 0.3 is 0 Å². The monoisotopic (exact) mass is 320 g/mol. The van der Waals surface area contributed by atoms with Crippen LogP contribution in [0.4, 0.5) is 0 Å². The van der Waals surface area contributed by atoms with Crippen LogP contribution >= 0.6 is 11.3 Å². The van der Waals surface area contributed by atoms with Crippen LogP contribution in [0.5, 0.6) is 0 Å². The van der Waals surface area contributed by atoms with E-state index in [0.717, 1.165) is 33.9 Å². The summed E-state index contributed by atoms with van der Waals surface area (Å²) in [6, 6.07) is 18.4. The van der Waals surface area contributed by atoms with Crippen molar-refractivity contribution < 1.29 is 4.79 Å². The molecule has 0 saturated carbocycles. The van der Waals surface area contributed by atoms with E-state index in [1.807, 2.05) is 36.4 Å². The average Bonchev–Trinajstić information content (AvgIpc) is 2.99. The molecular formula is C19H16N2OS. The molecular weight excluding hydrogens is 304 g/mol. The molecule has 0 aliphatic carbocycles. The second-order valence-electron chi connectivity index (χ2n) is 5.75. The predicted molar refractivity (Wildman–Crippen MR) is 94.3 cm³/mol. The minimum Gasteiger partial charge on any atom is -0.293 e. The number of ketones is 1. The summed E-state index contributed by atoms with van der Waals surface area (Å²) in [5, 5.41) is 0.956. The van der Waals surface area contributed by atoms with Gasteiger partial charge < -0.3 is 0 Å². The lowest BCUT2D eigenvalue weighted by Crippen LogP contribution is -2.34. The Kier molecular flexibility index (Phi) is 3.77. The van der Waals surface area contributed by atoms with Crippen LogP contribution in [0, 0.1) is 0 Å². The Morgan fingerprint density at radius 2 is 1.78 bits per heavy atom. The van der Waals surface area contributed by atoms with E-state index < -0.39 is 0 Å². The molecule has 1 aromatic heterocycles. The first-order valence-electron chi connectivity index (χ1n) is 7.63. The number of hydrogen-bond donors (Lipinski definition) is 0. The molecule has 2 heterocycles. The highest BCUT2D eigenvalue weighted by Crippen LogP contribution is 2.29. The molecule has 114 valence electrons. The summed E-state index contributed by atoms with van der Waals surface area (Å²) in [4.78, 5) is 19.0. The third kappa shape index (κ3) is 3.09. The molecule has 0 N–H and O–H groups in total. The first kappa shape index (κ1) is 14.3. The molecule has 1 aliphatic rings. The molecule has 3 aromatic rings. The normalized spacial score (nSPS) is 15.8. The van der Waals surface area contributed by atoms with E-state index in [1.165, 1.54) is 5.56 Å². The number of para-hydroxylation sites is 1. The SMILES string of the molecule is O=C1C=C(c2nc3ccccc3s2)CN(Cc2ccccc2)C1. The Bertz CT molecular complexity index is 850. The summed E-state index contributed by atoms with van der Waals surface area (Å²) in [5.41, 5.74) is 3.25. The maximum atomic E-state index is 12.1. The Morgan fingerprint density at radius 3 is 2.61 bits per heavy atom. The summed E-state index contributed by atoms with van der Waals surface area (Å²) in [6.07, 6.45) is 1.76. The number of rotatable bonds is 3. The van der Waals surface area contributed by atoms with Gasteiger partial charge in [0.1, 0.15) is 5.01 Å². The van der Waals surface area contributed by atoms with Crippen LogP contribution in [0.15, 0.2) is 60.7 Å². The maximum absolute atomic E-state index is 12.1. The minimum absolute atomic E-state index is 0.154. The molecule has 0 fully saturated rings. The smallest absolute Gasteiger partial charge is 0.170 e. The fraction of sp³-hybridized carbons (Fsp3) is 0.158. The van der Waals surface area contributed by atoms with Gasteiger partial charge in [0.25, 0.3) is 0 Å². The molecule has 2 aromatic carbocycles. The quantitative estimate of drug-likeness (QED) is 0.736. The van der Waals surface area contributed by atoms with Gasteiger partial charge in [0.2, 0.25) is 0 Å². The number of carbonyl (C=O) groups excluding carboxylic acids is 1. The summed E-state index contributed by atoms with van der Waals surface area (Å²) < 4.78 is 1.16. The minimum atomic E-state index is 0.154. The van der Waals surface area contributed by atoms with Crippen molar-refractivity contribution in [3.8, 4) is 0 Å². The molecule has 0 atom stereocenters. The van der Waals surface area contributed by atoms with Crippen LogP contribution in [0.2, 0.25) is 0 Å². The van der Waals surface area contributed by atoms with Crippen molar-refractivity contribution in [1.29, 1.82) is 0 Å². The van der Waals surface area contributed by atoms with Crippen molar-refractivity contribution >= 4 is 32.9 Å². The van der Waals surface area contributed by atoms with Crippen molar-refractivity contribution in [2.75, 3.05) is 13.1 Å². The third-order valence-electron chi connectivity index (χ3n) is 3.93. The zero-order valence-electron chi connectivity index (χ0n) is 12.6. The Hall–Kier alpha value is -2.30. The fourth-order valence-electron chi connectivity index (χ4n) is 2.90. The molecule has 0 amide bonds. The predicted octanol–water partition coefficient (Wildman–Crippen LogP) is 3.76. The Morgan fingerprint density at radius 1 is 1.00 bits per heavy atom. The van der Waals surface area contributed by atoms with E-state index in [4.69, 9.17) is 0 Å². The van der Waals surface area contributed by atoms with Gasteiger partial charge in [0, 0.05) is 18.7 Å². The van der Waals surface area contributed by atoms with Crippen molar-refractivity contribution in [1.82, 2.24) is 9.88 Å². The largest absolute Gasteiger partial charge is 0.293 e. The Balaban J connectivity index is 1.60. The van der Waals surface area contributed by atoms with E-state index in [1.54, 1.807) is 17.4 Å².